The highest BCUT2D eigenvalue weighted by Gasteiger charge is 2.41. The minimum atomic E-state index is 0.109. The molecule has 2 saturated carbocycles. The standard InChI is InChI=1S/C19H37NO/c1-15-7-6-8-17(13-15)21-19(14-20-5)11-9-16(10-12-19)18(2,3)4/h15-17,20H,6-14H2,1-5H3. The van der Waals surface area contributed by atoms with Crippen molar-refractivity contribution in [1.29, 1.82) is 0 Å². The van der Waals surface area contributed by atoms with Gasteiger partial charge in [0.05, 0.1) is 11.7 Å². The topological polar surface area (TPSA) is 21.3 Å². The van der Waals surface area contributed by atoms with Crippen molar-refractivity contribution in [3.63, 3.8) is 0 Å². The first-order chi connectivity index (χ1) is 9.85. The predicted molar refractivity (Wildman–Crippen MR) is 90.6 cm³/mol. The van der Waals surface area contributed by atoms with Gasteiger partial charge in [0.15, 0.2) is 0 Å². The van der Waals surface area contributed by atoms with Crippen LogP contribution in [0.3, 0.4) is 0 Å². The fraction of sp³-hybridized carbons (Fsp3) is 1.00. The highest BCUT2D eigenvalue weighted by Crippen LogP contribution is 2.44. The fourth-order valence-electron chi connectivity index (χ4n) is 4.51. The number of hydrogen-bond acceptors (Lipinski definition) is 2. The Bertz CT molecular complexity index is 312. The molecular formula is C19H37NO. The van der Waals surface area contributed by atoms with Crippen LogP contribution in [0.2, 0.25) is 0 Å². The van der Waals surface area contributed by atoms with Crippen molar-refractivity contribution >= 4 is 0 Å². The zero-order valence-corrected chi connectivity index (χ0v) is 15.0. The van der Waals surface area contributed by atoms with Gasteiger partial charge in [-0.1, -0.05) is 40.5 Å². The van der Waals surface area contributed by atoms with Gasteiger partial charge in [0, 0.05) is 6.54 Å². The lowest BCUT2D eigenvalue weighted by molar-refractivity contribution is -0.135. The van der Waals surface area contributed by atoms with Gasteiger partial charge in [0.25, 0.3) is 0 Å². The molecule has 0 amide bonds. The second-order valence-electron chi connectivity index (χ2n) is 8.87. The van der Waals surface area contributed by atoms with Gasteiger partial charge in [-0.25, -0.2) is 0 Å². The molecule has 2 rings (SSSR count). The third kappa shape index (κ3) is 4.69. The molecule has 0 aliphatic heterocycles. The van der Waals surface area contributed by atoms with Crippen molar-refractivity contribution in [2.24, 2.45) is 17.3 Å². The summed E-state index contributed by atoms with van der Waals surface area (Å²) in [6.07, 6.45) is 10.9. The van der Waals surface area contributed by atoms with E-state index in [9.17, 15) is 0 Å². The molecule has 2 fully saturated rings. The van der Waals surface area contributed by atoms with E-state index < -0.39 is 0 Å². The van der Waals surface area contributed by atoms with Crippen molar-refractivity contribution in [3.8, 4) is 0 Å². The second-order valence-corrected chi connectivity index (χ2v) is 8.87. The molecule has 0 radical (unpaired) electrons. The zero-order chi connectivity index (χ0) is 15.5. The van der Waals surface area contributed by atoms with Gasteiger partial charge >= 0.3 is 0 Å². The van der Waals surface area contributed by atoms with Crippen LogP contribution in [0.15, 0.2) is 0 Å². The van der Waals surface area contributed by atoms with Gasteiger partial charge in [-0.05, 0) is 62.8 Å². The van der Waals surface area contributed by atoms with E-state index in [1.807, 2.05) is 0 Å². The van der Waals surface area contributed by atoms with Crippen molar-refractivity contribution in [3.05, 3.63) is 0 Å². The zero-order valence-electron chi connectivity index (χ0n) is 15.0. The van der Waals surface area contributed by atoms with Crippen molar-refractivity contribution in [1.82, 2.24) is 5.32 Å². The molecule has 1 N–H and O–H groups in total. The van der Waals surface area contributed by atoms with Crippen LogP contribution < -0.4 is 5.32 Å². The number of hydrogen-bond donors (Lipinski definition) is 1. The first-order valence-electron chi connectivity index (χ1n) is 9.17. The maximum atomic E-state index is 6.73. The van der Waals surface area contributed by atoms with Crippen LogP contribution >= 0.6 is 0 Å². The number of ether oxygens (including phenoxy) is 1. The van der Waals surface area contributed by atoms with Crippen LogP contribution in [0.25, 0.3) is 0 Å². The first kappa shape index (κ1) is 17.3. The van der Waals surface area contributed by atoms with Crippen LogP contribution in [0.4, 0.5) is 0 Å². The number of nitrogens with one attached hydrogen (secondary N) is 1. The van der Waals surface area contributed by atoms with Crippen molar-refractivity contribution in [2.45, 2.75) is 90.8 Å². The molecule has 0 aromatic rings. The summed E-state index contributed by atoms with van der Waals surface area (Å²) in [6, 6.07) is 0. The molecule has 2 heteroatoms. The summed E-state index contributed by atoms with van der Waals surface area (Å²) in [5.74, 6) is 1.71. The molecule has 0 heterocycles. The monoisotopic (exact) mass is 295 g/mol. The van der Waals surface area contributed by atoms with Gasteiger partial charge < -0.3 is 10.1 Å². The predicted octanol–water partition coefficient (Wildman–Crippen LogP) is 4.78. The average Bonchev–Trinajstić information content (AvgIpc) is 2.38. The molecule has 2 nitrogen and oxygen atoms in total. The van der Waals surface area contributed by atoms with E-state index in [0.29, 0.717) is 11.5 Å². The Kier molecular flexibility index (Phi) is 5.76. The maximum absolute atomic E-state index is 6.73. The lowest BCUT2D eigenvalue weighted by Crippen LogP contribution is -2.49. The molecule has 0 bridgehead atoms. The van der Waals surface area contributed by atoms with Crippen LogP contribution in [-0.4, -0.2) is 25.3 Å². The van der Waals surface area contributed by atoms with E-state index in [1.165, 1.54) is 51.4 Å². The van der Waals surface area contributed by atoms with Crippen LogP contribution in [0.1, 0.15) is 79.1 Å². The van der Waals surface area contributed by atoms with E-state index >= 15 is 0 Å². The van der Waals surface area contributed by atoms with Crippen molar-refractivity contribution in [2.75, 3.05) is 13.6 Å². The lowest BCUT2D eigenvalue weighted by Gasteiger charge is -2.46. The van der Waals surface area contributed by atoms with Crippen molar-refractivity contribution < 1.29 is 4.74 Å². The Morgan fingerprint density at radius 3 is 2.29 bits per heavy atom. The maximum Gasteiger partial charge on any atom is 0.0810 e. The number of likely N-dealkylation sites (N-methyl/N-ethyl adjacent to an activating group) is 1. The van der Waals surface area contributed by atoms with Gasteiger partial charge in [0.1, 0.15) is 0 Å². The smallest absolute Gasteiger partial charge is 0.0810 e. The molecule has 124 valence electrons. The fourth-order valence-corrected chi connectivity index (χ4v) is 4.51. The molecule has 21 heavy (non-hydrogen) atoms. The Morgan fingerprint density at radius 1 is 1.10 bits per heavy atom. The first-order valence-corrected chi connectivity index (χ1v) is 9.17. The minimum Gasteiger partial charge on any atom is -0.370 e. The largest absolute Gasteiger partial charge is 0.370 e. The SMILES string of the molecule is CNCC1(OC2CCCC(C)C2)CCC(C(C)(C)C)CC1. The summed E-state index contributed by atoms with van der Waals surface area (Å²) in [4.78, 5) is 0. The van der Waals surface area contributed by atoms with E-state index in [-0.39, 0.29) is 5.60 Å². The molecular weight excluding hydrogens is 258 g/mol. The molecule has 0 aromatic heterocycles. The molecule has 2 atom stereocenters. The van der Waals surface area contributed by atoms with Crippen LogP contribution in [0.5, 0.6) is 0 Å². The molecule has 2 aliphatic carbocycles. The van der Waals surface area contributed by atoms with Gasteiger partial charge in [-0.2, -0.15) is 0 Å². The third-order valence-electron chi connectivity index (χ3n) is 5.93. The highest BCUT2D eigenvalue weighted by atomic mass is 16.5. The van der Waals surface area contributed by atoms with E-state index in [1.54, 1.807) is 0 Å². The third-order valence-corrected chi connectivity index (χ3v) is 5.93. The Hall–Kier alpha value is -0.0800. The highest BCUT2D eigenvalue weighted by molar-refractivity contribution is 4.93. The summed E-state index contributed by atoms with van der Waals surface area (Å²) in [6.45, 7) is 10.6. The Labute approximate surface area is 132 Å². The average molecular weight is 296 g/mol. The molecule has 0 saturated heterocycles. The Morgan fingerprint density at radius 2 is 1.76 bits per heavy atom. The minimum absolute atomic E-state index is 0.109. The quantitative estimate of drug-likeness (QED) is 0.806. The summed E-state index contributed by atoms with van der Waals surface area (Å²) in [5, 5.41) is 3.41. The molecule has 2 unspecified atom stereocenters. The number of rotatable bonds is 4. The Balaban J connectivity index is 1.95. The van der Waals surface area contributed by atoms with Gasteiger partial charge in [0.2, 0.25) is 0 Å². The summed E-state index contributed by atoms with van der Waals surface area (Å²) < 4.78 is 6.73. The second kappa shape index (κ2) is 7.00. The van der Waals surface area contributed by atoms with Crippen LogP contribution in [0, 0.1) is 17.3 Å². The lowest BCUT2D eigenvalue weighted by atomic mass is 9.68. The summed E-state index contributed by atoms with van der Waals surface area (Å²) >= 11 is 0. The van der Waals surface area contributed by atoms with E-state index in [4.69, 9.17) is 4.74 Å². The normalized spacial score (nSPS) is 38.4. The van der Waals surface area contributed by atoms with Crippen LogP contribution in [-0.2, 0) is 4.74 Å². The van der Waals surface area contributed by atoms with E-state index in [2.05, 4.69) is 40.1 Å². The molecule has 0 spiro atoms. The summed E-state index contributed by atoms with van der Waals surface area (Å²) in [7, 11) is 2.07. The molecule has 2 aliphatic rings. The van der Waals surface area contributed by atoms with Gasteiger partial charge in [-0.15, -0.1) is 0 Å². The molecule has 0 aromatic carbocycles. The van der Waals surface area contributed by atoms with E-state index in [0.717, 1.165) is 18.4 Å². The van der Waals surface area contributed by atoms with Gasteiger partial charge in [-0.3, -0.25) is 0 Å². The summed E-state index contributed by atoms with van der Waals surface area (Å²) in [5.41, 5.74) is 0.559.